The number of rotatable bonds is 7. The second-order valence-electron chi connectivity index (χ2n) is 6.67. The van der Waals surface area contributed by atoms with Gasteiger partial charge in [-0.3, -0.25) is 0 Å². The van der Waals surface area contributed by atoms with E-state index in [0.717, 1.165) is 17.5 Å². The molecule has 2 N–H and O–H groups in total. The van der Waals surface area contributed by atoms with Gasteiger partial charge in [0.15, 0.2) is 0 Å². The zero-order valence-corrected chi connectivity index (χ0v) is 16.4. The largest absolute Gasteiger partial charge is 0.368 e. The third-order valence-electron chi connectivity index (χ3n) is 5.12. The molecular weight excluding hydrogens is 330 g/mol. The highest BCUT2D eigenvalue weighted by molar-refractivity contribution is 5.85. The number of allylic oxidation sites excluding steroid dienone is 1. The first-order valence-electron chi connectivity index (χ1n) is 8.55. The van der Waals surface area contributed by atoms with Crippen molar-refractivity contribution in [3.05, 3.63) is 83.9 Å². The molecule has 2 aromatic carbocycles. The Morgan fingerprint density at radius 1 is 1.00 bits per heavy atom. The first-order chi connectivity index (χ1) is 11.5. The molecule has 2 aromatic rings. The van der Waals surface area contributed by atoms with E-state index in [2.05, 4.69) is 74.5 Å². The topological polar surface area (TPSA) is 35.2 Å². The Labute approximate surface area is 158 Å². The van der Waals surface area contributed by atoms with Crippen LogP contribution in [0.25, 0.3) is 0 Å². The third-order valence-corrected chi connectivity index (χ3v) is 5.12. The van der Waals surface area contributed by atoms with Gasteiger partial charge in [-0.2, -0.15) is 0 Å². The fourth-order valence-corrected chi connectivity index (χ4v) is 3.46. The quantitative estimate of drug-likeness (QED) is 0.679. The first kappa shape index (κ1) is 21.4. The van der Waals surface area contributed by atoms with Crippen molar-refractivity contribution in [2.75, 3.05) is 7.11 Å². The molecule has 136 valence electrons. The molecule has 2 unspecified atom stereocenters. The Kier molecular flexibility index (Phi) is 7.88. The summed E-state index contributed by atoms with van der Waals surface area (Å²) in [5, 5.41) is 0. The molecule has 0 radical (unpaired) electrons. The van der Waals surface area contributed by atoms with Gasteiger partial charge in [-0.1, -0.05) is 79.7 Å². The highest BCUT2D eigenvalue weighted by Crippen LogP contribution is 2.44. The van der Waals surface area contributed by atoms with Crippen LogP contribution >= 0.6 is 12.4 Å². The molecule has 0 aliphatic heterocycles. The molecular formula is C22H30ClNO. The Bertz CT molecular complexity index is 613. The predicted octanol–water partition coefficient (Wildman–Crippen LogP) is 5.32. The van der Waals surface area contributed by atoms with Crippen molar-refractivity contribution in [3.8, 4) is 0 Å². The normalized spacial score (nSPS) is 15.4. The summed E-state index contributed by atoms with van der Waals surface area (Å²) in [5.74, 6) is 0.0657. The van der Waals surface area contributed by atoms with Gasteiger partial charge in [-0.05, 0) is 31.4 Å². The van der Waals surface area contributed by atoms with Crippen molar-refractivity contribution in [2.45, 2.75) is 38.3 Å². The Morgan fingerprint density at radius 3 is 1.80 bits per heavy atom. The van der Waals surface area contributed by atoms with Crippen LogP contribution in [0, 0.1) is 5.92 Å². The maximum Gasteiger partial charge on any atom is 0.122 e. The van der Waals surface area contributed by atoms with Gasteiger partial charge in [0.2, 0.25) is 0 Å². The summed E-state index contributed by atoms with van der Waals surface area (Å²) in [6.07, 6.45) is 4.99. The molecule has 0 bridgehead atoms. The van der Waals surface area contributed by atoms with Crippen LogP contribution in [0.4, 0.5) is 0 Å². The number of ether oxygens (including phenoxy) is 1. The smallest absolute Gasteiger partial charge is 0.122 e. The van der Waals surface area contributed by atoms with E-state index in [4.69, 9.17) is 10.5 Å². The van der Waals surface area contributed by atoms with Crippen molar-refractivity contribution in [2.24, 2.45) is 11.7 Å². The van der Waals surface area contributed by atoms with Crippen LogP contribution in [-0.4, -0.2) is 12.6 Å². The fraction of sp³-hybridized carbons (Fsp3) is 0.364. The van der Waals surface area contributed by atoms with Gasteiger partial charge < -0.3 is 10.5 Å². The van der Waals surface area contributed by atoms with Crippen molar-refractivity contribution in [1.82, 2.24) is 0 Å². The van der Waals surface area contributed by atoms with Crippen LogP contribution in [0.3, 0.4) is 0 Å². The minimum Gasteiger partial charge on any atom is -0.368 e. The van der Waals surface area contributed by atoms with Crippen LogP contribution in [0.2, 0.25) is 0 Å². The highest BCUT2D eigenvalue weighted by atomic mass is 35.5. The van der Waals surface area contributed by atoms with E-state index >= 15 is 0 Å². The molecule has 3 heteroatoms. The molecule has 2 rings (SSSR count). The van der Waals surface area contributed by atoms with Crippen LogP contribution in [0.15, 0.2) is 72.8 Å². The number of halogens is 1. The minimum absolute atomic E-state index is 0. The van der Waals surface area contributed by atoms with Gasteiger partial charge in [-0.25, -0.2) is 0 Å². The molecule has 0 saturated heterocycles. The molecule has 0 aliphatic rings. The SMILES string of the molecule is C/C=C/CC(C)(N)C(C)C(OC)(c1ccccc1)c1ccccc1.Cl. The van der Waals surface area contributed by atoms with Crippen LogP contribution in [0.1, 0.15) is 38.3 Å². The summed E-state index contributed by atoms with van der Waals surface area (Å²) >= 11 is 0. The summed E-state index contributed by atoms with van der Waals surface area (Å²) in [6.45, 7) is 6.32. The standard InChI is InChI=1S/C22H29NO.ClH/c1-5-6-17-21(3,23)18(2)22(24-4,19-13-9-7-10-14-19)20-15-11-8-12-16-20;/h5-16,18H,17,23H2,1-4H3;1H/b6-5+;. The zero-order chi connectivity index (χ0) is 17.6. The van der Waals surface area contributed by atoms with Gasteiger partial charge in [0.05, 0.1) is 0 Å². The lowest BCUT2D eigenvalue weighted by Crippen LogP contribution is -2.53. The maximum atomic E-state index is 6.75. The van der Waals surface area contributed by atoms with Gasteiger partial charge in [-0.15, -0.1) is 12.4 Å². The van der Waals surface area contributed by atoms with Crippen molar-refractivity contribution in [3.63, 3.8) is 0 Å². The molecule has 2 atom stereocenters. The summed E-state index contributed by atoms with van der Waals surface area (Å²) in [5.41, 5.74) is 8.01. The molecule has 25 heavy (non-hydrogen) atoms. The van der Waals surface area contributed by atoms with E-state index in [1.165, 1.54) is 0 Å². The highest BCUT2D eigenvalue weighted by Gasteiger charge is 2.46. The number of nitrogens with two attached hydrogens (primary N) is 1. The van der Waals surface area contributed by atoms with E-state index in [-0.39, 0.29) is 18.3 Å². The summed E-state index contributed by atoms with van der Waals surface area (Å²) < 4.78 is 6.23. The lowest BCUT2D eigenvalue weighted by Gasteiger charge is -2.46. The van der Waals surface area contributed by atoms with Crippen LogP contribution in [0.5, 0.6) is 0 Å². The fourth-order valence-electron chi connectivity index (χ4n) is 3.46. The van der Waals surface area contributed by atoms with Crippen LogP contribution < -0.4 is 5.73 Å². The summed E-state index contributed by atoms with van der Waals surface area (Å²) in [7, 11) is 1.78. The molecule has 0 aromatic heterocycles. The average molecular weight is 360 g/mol. The van der Waals surface area contributed by atoms with Gasteiger partial charge in [0.1, 0.15) is 5.60 Å². The van der Waals surface area contributed by atoms with Gasteiger partial charge >= 0.3 is 0 Å². The molecule has 0 fully saturated rings. The minimum atomic E-state index is -0.590. The Hall–Kier alpha value is -1.61. The molecule has 0 spiro atoms. The second-order valence-corrected chi connectivity index (χ2v) is 6.67. The summed E-state index contributed by atoms with van der Waals surface area (Å²) in [4.78, 5) is 0. The maximum absolute atomic E-state index is 6.75. The Morgan fingerprint density at radius 2 is 1.44 bits per heavy atom. The van der Waals surface area contributed by atoms with Crippen molar-refractivity contribution >= 4 is 12.4 Å². The summed E-state index contributed by atoms with van der Waals surface area (Å²) in [6, 6.07) is 20.8. The number of methoxy groups -OCH3 is 1. The Balaban J connectivity index is 0.00000312. The third kappa shape index (κ3) is 4.33. The number of benzene rings is 2. The average Bonchev–Trinajstić information content (AvgIpc) is 2.63. The molecule has 0 saturated carbocycles. The molecule has 0 amide bonds. The van der Waals surface area contributed by atoms with E-state index in [9.17, 15) is 0 Å². The number of hydrogen-bond acceptors (Lipinski definition) is 2. The van der Waals surface area contributed by atoms with Crippen LogP contribution in [-0.2, 0) is 10.3 Å². The van der Waals surface area contributed by atoms with Gasteiger partial charge in [0.25, 0.3) is 0 Å². The lowest BCUT2D eigenvalue weighted by atomic mass is 9.67. The molecule has 2 nitrogen and oxygen atoms in total. The van der Waals surface area contributed by atoms with E-state index in [0.29, 0.717) is 0 Å². The monoisotopic (exact) mass is 359 g/mol. The number of hydrogen-bond donors (Lipinski definition) is 1. The molecule has 0 heterocycles. The van der Waals surface area contributed by atoms with Gasteiger partial charge in [0, 0.05) is 18.6 Å². The second kappa shape index (κ2) is 9.19. The lowest BCUT2D eigenvalue weighted by molar-refractivity contribution is -0.0475. The van der Waals surface area contributed by atoms with E-state index < -0.39 is 11.1 Å². The van der Waals surface area contributed by atoms with E-state index in [1.807, 2.05) is 19.1 Å². The van der Waals surface area contributed by atoms with Crippen molar-refractivity contribution in [1.29, 1.82) is 0 Å². The molecule has 0 aliphatic carbocycles. The first-order valence-corrected chi connectivity index (χ1v) is 8.55. The predicted molar refractivity (Wildman–Crippen MR) is 109 cm³/mol. The van der Waals surface area contributed by atoms with E-state index in [1.54, 1.807) is 7.11 Å². The van der Waals surface area contributed by atoms with Crippen molar-refractivity contribution < 1.29 is 4.74 Å². The zero-order valence-electron chi connectivity index (χ0n) is 15.6.